The van der Waals surface area contributed by atoms with E-state index >= 15 is 0 Å². The first-order valence-electron chi connectivity index (χ1n) is 17.2. The SMILES string of the molecule is CCOC(=O)c1c(NC(=O)C(C)Sc2cccc(NC(=O)/C(=C\c3ccc(OC)c(OC)c3)NC(=O)c3ccccc3)c2)sc2c1CCCCCC2. The molecule has 3 amide bonds. The Kier molecular flexibility index (Phi) is 13.5. The molecule has 10 nitrogen and oxygen atoms in total. The van der Waals surface area contributed by atoms with E-state index < -0.39 is 23.0 Å². The molecule has 1 heterocycles. The predicted molar refractivity (Wildman–Crippen MR) is 207 cm³/mol. The van der Waals surface area contributed by atoms with Gasteiger partial charge < -0.3 is 30.2 Å². The second kappa shape index (κ2) is 18.4. The molecule has 52 heavy (non-hydrogen) atoms. The minimum Gasteiger partial charge on any atom is -0.493 e. The lowest BCUT2D eigenvalue weighted by Gasteiger charge is -2.15. The van der Waals surface area contributed by atoms with Crippen LogP contribution in [0.5, 0.6) is 11.5 Å². The van der Waals surface area contributed by atoms with Gasteiger partial charge in [-0.05, 0) is 99.2 Å². The van der Waals surface area contributed by atoms with E-state index in [2.05, 4.69) is 16.0 Å². The summed E-state index contributed by atoms with van der Waals surface area (Å²) in [6.45, 7) is 3.82. The number of aryl methyl sites for hydroxylation is 1. The Morgan fingerprint density at radius 3 is 2.35 bits per heavy atom. The van der Waals surface area contributed by atoms with Gasteiger partial charge in [-0.15, -0.1) is 23.1 Å². The second-order valence-corrected chi connectivity index (χ2v) is 14.6. The maximum atomic E-state index is 13.7. The van der Waals surface area contributed by atoms with Gasteiger partial charge in [0.1, 0.15) is 10.7 Å². The third-order valence-corrected chi connectivity index (χ3v) is 10.7. The number of ether oxygens (including phenoxy) is 3. The van der Waals surface area contributed by atoms with Crippen LogP contribution in [0.2, 0.25) is 0 Å². The molecule has 0 bridgehead atoms. The van der Waals surface area contributed by atoms with Crippen molar-refractivity contribution in [1.82, 2.24) is 5.32 Å². The molecule has 0 spiro atoms. The summed E-state index contributed by atoms with van der Waals surface area (Å²) in [5.41, 5.74) is 2.95. The minimum absolute atomic E-state index is 0.00864. The van der Waals surface area contributed by atoms with Gasteiger partial charge in [0.05, 0.1) is 31.6 Å². The molecule has 1 aliphatic carbocycles. The van der Waals surface area contributed by atoms with Crippen molar-refractivity contribution in [1.29, 1.82) is 0 Å². The van der Waals surface area contributed by atoms with Crippen molar-refractivity contribution in [3.63, 3.8) is 0 Å². The molecule has 0 aliphatic heterocycles. The Labute approximate surface area is 312 Å². The van der Waals surface area contributed by atoms with E-state index in [0.717, 1.165) is 53.9 Å². The lowest BCUT2D eigenvalue weighted by Crippen LogP contribution is -2.30. The number of fused-ring (bicyclic) bond motifs is 1. The van der Waals surface area contributed by atoms with Crippen LogP contribution in [-0.2, 0) is 27.2 Å². The molecule has 1 atom stereocenters. The van der Waals surface area contributed by atoms with Crippen molar-refractivity contribution >= 4 is 63.6 Å². The first-order chi connectivity index (χ1) is 25.2. The summed E-state index contributed by atoms with van der Waals surface area (Å²) in [5, 5.41) is 8.66. The Balaban J connectivity index is 1.32. The number of benzene rings is 3. The first kappa shape index (κ1) is 38.2. The summed E-state index contributed by atoms with van der Waals surface area (Å²) in [5.74, 6) is -0.657. The number of thioether (sulfide) groups is 1. The number of thiophene rings is 1. The molecule has 12 heteroatoms. The minimum atomic E-state index is -0.549. The van der Waals surface area contributed by atoms with Crippen molar-refractivity contribution in [3.8, 4) is 11.5 Å². The van der Waals surface area contributed by atoms with Crippen molar-refractivity contribution in [2.75, 3.05) is 31.5 Å². The molecule has 0 saturated heterocycles. The zero-order chi connectivity index (χ0) is 37.0. The Morgan fingerprint density at radius 2 is 1.62 bits per heavy atom. The molecule has 4 aromatic rings. The number of hydrogen-bond acceptors (Lipinski definition) is 9. The average Bonchev–Trinajstić information content (AvgIpc) is 3.46. The van der Waals surface area contributed by atoms with Crippen LogP contribution in [0.3, 0.4) is 0 Å². The molecule has 0 saturated carbocycles. The highest BCUT2D eigenvalue weighted by atomic mass is 32.2. The third-order valence-electron chi connectivity index (χ3n) is 8.41. The maximum absolute atomic E-state index is 13.7. The van der Waals surface area contributed by atoms with Crippen LogP contribution in [0.4, 0.5) is 10.7 Å². The van der Waals surface area contributed by atoms with Gasteiger partial charge >= 0.3 is 5.97 Å². The highest BCUT2D eigenvalue weighted by Crippen LogP contribution is 2.38. The highest BCUT2D eigenvalue weighted by molar-refractivity contribution is 8.00. The van der Waals surface area contributed by atoms with Gasteiger partial charge in [0.25, 0.3) is 11.8 Å². The molecule has 0 radical (unpaired) electrons. The quantitative estimate of drug-likeness (QED) is 0.0712. The lowest BCUT2D eigenvalue weighted by atomic mass is 9.96. The number of rotatable bonds is 13. The number of carbonyl (C=O) groups is 4. The second-order valence-electron chi connectivity index (χ2n) is 12.1. The van der Waals surface area contributed by atoms with E-state index in [-0.39, 0.29) is 18.2 Å². The fourth-order valence-electron chi connectivity index (χ4n) is 5.80. The van der Waals surface area contributed by atoms with E-state index in [1.807, 2.05) is 6.07 Å². The van der Waals surface area contributed by atoms with E-state index in [4.69, 9.17) is 14.2 Å². The Morgan fingerprint density at radius 1 is 0.865 bits per heavy atom. The molecule has 5 rings (SSSR count). The molecule has 3 N–H and O–H groups in total. The summed E-state index contributed by atoms with van der Waals surface area (Å²) in [6, 6.07) is 20.9. The topological polar surface area (TPSA) is 132 Å². The van der Waals surface area contributed by atoms with Crippen molar-refractivity contribution in [2.24, 2.45) is 0 Å². The number of esters is 1. The molecular formula is C40H43N3O7S2. The Hall–Kier alpha value is -5.07. The van der Waals surface area contributed by atoms with Crippen LogP contribution in [0.25, 0.3) is 6.08 Å². The van der Waals surface area contributed by atoms with E-state index in [1.54, 1.807) is 86.7 Å². The van der Waals surface area contributed by atoms with E-state index in [1.165, 1.54) is 37.3 Å². The van der Waals surface area contributed by atoms with Crippen LogP contribution in [-0.4, -0.2) is 49.8 Å². The standard InChI is InChI=1S/C40H43N3O7S2/c1-5-50-40(47)35-30-18-11-6-7-12-19-34(30)52-39(35)43-36(44)25(2)51-29-17-13-16-28(24-29)41-38(46)31(42-37(45)27-14-9-8-10-15-27)22-26-20-21-32(48-3)33(23-26)49-4/h8-10,13-17,20-25H,5-7,11-12,18-19H2,1-4H3,(H,41,46)(H,42,45)(H,43,44)/b31-22+. The number of carbonyl (C=O) groups excluding carboxylic acids is 4. The first-order valence-corrected chi connectivity index (χ1v) is 18.9. The smallest absolute Gasteiger partial charge is 0.341 e. The van der Waals surface area contributed by atoms with Crippen LogP contribution in [0.15, 0.2) is 83.4 Å². The van der Waals surface area contributed by atoms with Crippen molar-refractivity contribution < 1.29 is 33.4 Å². The number of anilines is 2. The van der Waals surface area contributed by atoms with Gasteiger partial charge in [-0.2, -0.15) is 0 Å². The fraction of sp³-hybridized carbons (Fsp3) is 0.300. The van der Waals surface area contributed by atoms with Crippen LogP contribution < -0.4 is 25.4 Å². The van der Waals surface area contributed by atoms with Crippen LogP contribution in [0, 0.1) is 0 Å². The summed E-state index contributed by atoms with van der Waals surface area (Å²) in [6.07, 6.45) is 7.54. The zero-order valence-corrected chi connectivity index (χ0v) is 31.3. The predicted octanol–water partition coefficient (Wildman–Crippen LogP) is 8.13. The fourth-order valence-corrected chi connectivity index (χ4v) is 8.00. The van der Waals surface area contributed by atoms with Crippen LogP contribution in [0.1, 0.15) is 76.3 Å². The number of hydrogen-bond donors (Lipinski definition) is 3. The molecule has 1 aromatic heterocycles. The third kappa shape index (κ3) is 9.83. The van der Waals surface area contributed by atoms with Gasteiger partial charge in [-0.25, -0.2) is 4.79 Å². The monoisotopic (exact) mass is 741 g/mol. The summed E-state index contributed by atoms with van der Waals surface area (Å²) >= 11 is 2.79. The molecule has 1 unspecified atom stereocenters. The maximum Gasteiger partial charge on any atom is 0.341 e. The molecule has 0 fully saturated rings. The van der Waals surface area contributed by atoms with Crippen molar-refractivity contribution in [3.05, 3.63) is 106 Å². The van der Waals surface area contributed by atoms with Crippen LogP contribution >= 0.6 is 23.1 Å². The van der Waals surface area contributed by atoms with E-state index in [9.17, 15) is 19.2 Å². The normalized spacial score (nSPS) is 13.4. The van der Waals surface area contributed by atoms with Crippen molar-refractivity contribution in [2.45, 2.75) is 62.5 Å². The number of nitrogens with one attached hydrogen (secondary N) is 3. The number of amides is 3. The lowest BCUT2D eigenvalue weighted by molar-refractivity contribution is -0.115. The van der Waals surface area contributed by atoms with Gasteiger partial charge in [-0.1, -0.05) is 43.2 Å². The highest BCUT2D eigenvalue weighted by Gasteiger charge is 2.27. The van der Waals surface area contributed by atoms with E-state index in [0.29, 0.717) is 38.9 Å². The summed E-state index contributed by atoms with van der Waals surface area (Å²) in [4.78, 5) is 55.3. The van der Waals surface area contributed by atoms with Gasteiger partial charge in [0.15, 0.2) is 11.5 Å². The number of methoxy groups -OCH3 is 2. The average molecular weight is 742 g/mol. The zero-order valence-electron chi connectivity index (χ0n) is 29.7. The van der Waals surface area contributed by atoms with Gasteiger partial charge in [0, 0.05) is 21.0 Å². The molecule has 1 aliphatic rings. The van der Waals surface area contributed by atoms with Gasteiger partial charge in [-0.3, -0.25) is 14.4 Å². The summed E-state index contributed by atoms with van der Waals surface area (Å²) < 4.78 is 16.2. The Bertz CT molecular complexity index is 1940. The molecular weight excluding hydrogens is 699 g/mol. The van der Waals surface area contributed by atoms with Gasteiger partial charge in [0.2, 0.25) is 5.91 Å². The largest absolute Gasteiger partial charge is 0.493 e. The molecule has 3 aromatic carbocycles. The molecule has 272 valence electrons. The summed E-state index contributed by atoms with van der Waals surface area (Å²) in [7, 11) is 3.05.